The number of hydrogen-bond acceptors (Lipinski definition) is 3. The zero-order chi connectivity index (χ0) is 17.1. The van der Waals surface area contributed by atoms with Gasteiger partial charge >= 0.3 is 18.3 Å². The van der Waals surface area contributed by atoms with Gasteiger partial charge in [-0.15, -0.1) is 0 Å². The van der Waals surface area contributed by atoms with Crippen LogP contribution in [0.5, 0.6) is 0 Å². The van der Waals surface area contributed by atoms with Gasteiger partial charge in [0.25, 0.3) is 6.10 Å². The lowest BCUT2D eigenvalue weighted by molar-refractivity contribution is -0.327. The molecule has 0 radical (unpaired) electrons. The fraction of sp³-hybridized carbons (Fsp3) is 0.727. The SMILES string of the molecule is C=CCOC(=O)CCC.FCOC(C(F)(F)F)C(F)(F)F. The summed E-state index contributed by atoms with van der Waals surface area (Å²) >= 11 is 0. The van der Waals surface area contributed by atoms with Crippen molar-refractivity contribution in [3.63, 3.8) is 0 Å². The molecule has 0 saturated heterocycles. The van der Waals surface area contributed by atoms with Crippen molar-refractivity contribution in [1.82, 2.24) is 0 Å². The van der Waals surface area contributed by atoms with Crippen molar-refractivity contribution in [2.24, 2.45) is 0 Å². The summed E-state index contributed by atoms with van der Waals surface area (Å²) in [4.78, 5) is 10.5. The molecule has 0 amide bonds. The van der Waals surface area contributed by atoms with Crippen molar-refractivity contribution in [3.8, 4) is 0 Å². The van der Waals surface area contributed by atoms with Crippen molar-refractivity contribution in [3.05, 3.63) is 12.7 Å². The third-order valence-corrected chi connectivity index (χ3v) is 1.64. The number of hydrogen-bond donors (Lipinski definition) is 0. The standard InChI is InChI=1S/C7H12O2.C4H3F7O/c1-3-5-7(8)9-6-4-2;5-1-12-2(3(6,7)8)4(9,10)11/h4H,2-3,5-6H2,1H3;2H,1H2. The minimum Gasteiger partial charge on any atom is -0.461 e. The average Bonchev–Trinajstić information content (AvgIpc) is 2.32. The fourth-order valence-corrected chi connectivity index (χ4v) is 0.866. The molecule has 0 aromatic heterocycles. The molecule has 10 heteroatoms. The second kappa shape index (κ2) is 10.4. The highest BCUT2D eigenvalue weighted by Gasteiger charge is 2.58. The Kier molecular flexibility index (Phi) is 10.9. The molecule has 0 aromatic rings. The van der Waals surface area contributed by atoms with E-state index < -0.39 is 25.3 Å². The summed E-state index contributed by atoms with van der Waals surface area (Å²) in [5.41, 5.74) is 0. The van der Waals surface area contributed by atoms with Crippen LogP contribution >= 0.6 is 0 Å². The molecule has 0 aliphatic rings. The van der Waals surface area contributed by atoms with E-state index in [0.29, 0.717) is 13.0 Å². The summed E-state index contributed by atoms with van der Waals surface area (Å²) < 4.78 is 87.0. The predicted molar refractivity (Wildman–Crippen MR) is 59.0 cm³/mol. The fourth-order valence-electron chi connectivity index (χ4n) is 0.866. The van der Waals surface area contributed by atoms with Crippen LogP contribution in [0.2, 0.25) is 0 Å². The summed E-state index contributed by atoms with van der Waals surface area (Å²) in [5.74, 6) is -0.141. The van der Waals surface area contributed by atoms with E-state index in [-0.39, 0.29) is 5.97 Å². The normalized spacial score (nSPS) is 11.7. The molecule has 0 heterocycles. The van der Waals surface area contributed by atoms with Crippen LogP contribution in [0.25, 0.3) is 0 Å². The van der Waals surface area contributed by atoms with Crippen LogP contribution in [0.1, 0.15) is 19.8 Å². The van der Waals surface area contributed by atoms with E-state index in [1.54, 1.807) is 6.08 Å². The lowest BCUT2D eigenvalue weighted by atomic mass is 10.3. The molecule has 3 nitrogen and oxygen atoms in total. The number of rotatable bonds is 6. The van der Waals surface area contributed by atoms with E-state index in [4.69, 9.17) is 0 Å². The average molecular weight is 328 g/mol. The van der Waals surface area contributed by atoms with Crippen LogP contribution in [-0.2, 0) is 14.3 Å². The molecule has 0 unspecified atom stereocenters. The molecule has 0 bridgehead atoms. The Morgan fingerprint density at radius 2 is 1.67 bits per heavy atom. The van der Waals surface area contributed by atoms with Gasteiger partial charge in [-0.1, -0.05) is 19.6 Å². The van der Waals surface area contributed by atoms with Gasteiger partial charge in [-0.25, -0.2) is 4.39 Å². The van der Waals surface area contributed by atoms with Crippen LogP contribution in [-0.4, -0.2) is 37.9 Å². The molecule has 0 aliphatic carbocycles. The van der Waals surface area contributed by atoms with Gasteiger partial charge < -0.3 is 9.47 Å². The topological polar surface area (TPSA) is 35.5 Å². The number of carbonyl (C=O) groups is 1. The van der Waals surface area contributed by atoms with E-state index in [9.17, 15) is 35.5 Å². The van der Waals surface area contributed by atoms with Crippen LogP contribution in [0.4, 0.5) is 30.7 Å². The smallest absolute Gasteiger partial charge is 0.423 e. The minimum absolute atomic E-state index is 0.141. The lowest BCUT2D eigenvalue weighted by Crippen LogP contribution is -2.44. The molecule has 21 heavy (non-hydrogen) atoms. The van der Waals surface area contributed by atoms with Gasteiger partial charge in [0.1, 0.15) is 6.61 Å². The largest absolute Gasteiger partial charge is 0.461 e. The number of alkyl halides is 7. The molecule has 0 saturated carbocycles. The quantitative estimate of drug-likeness (QED) is 0.421. The van der Waals surface area contributed by atoms with Crippen molar-refractivity contribution >= 4 is 5.97 Å². The first kappa shape index (κ1) is 22.0. The van der Waals surface area contributed by atoms with Crippen molar-refractivity contribution in [1.29, 1.82) is 0 Å². The Morgan fingerprint density at radius 3 is 1.90 bits per heavy atom. The van der Waals surface area contributed by atoms with Gasteiger partial charge in [0.05, 0.1) is 0 Å². The zero-order valence-electron chi connectivity index (χ0n) is 11.1. The van der Waals surface area contributed by atoms with Crippen LogP contribution in [0.3, 0.4) is 0 Å². The lowest BCUT2D eigenvalue weighted by Gasteiger charge is -2.21. The monoisotopic (exact) mass is 328 g/mol. The van der Waals surface area contributed by atoms with Crippen LogP contribution in [0, 0.1) is 0 Å². The van der Waals surface area contributed by atoms with Gasteiger partial charge in [-0.3, -0.25) is 4.79 Å². The number of esters is 1. The van der Waals surface area contributed by atoms with Gasteiger partial charge in [-0.2, -0.15) is 26.3 Å². The predicted octanol–water partition coefficient (Wildman–Crippen LogP) is 3.94. The van der Waals surface area contributed by atoms with Gasteiger partial charge in [-0.05, 0) is 6.42 Å². The first-order valence-electron chi connectivity index (χ1n) is 5.58. The van der Waals surface area contributed by atoms with E-state index in [2.05, 4.69) is 16.1 Å². The third-order valence-electron chi connectivity index (χ3n) is 1.64. The first-order valence-corrected chi connectivity index (χ1v) is 5.58. The second-order valence-corrected chi connectivity index (χ2v) is 3.46. The van der Waals surface area contributed by atoms with E-state index in [1.165, 1.54) is 0 Å². The Balaban J connectivity index is 0. The van der Waals surface area contributed by atoms with Crippen molar-refractivity contribution in [2.45, 2.75) is 38.2 Å². The number of carbonyl (C=O) groups excluding carboxylic acids is 1. The Morgan fingerprint density at radius 1 is 1.19 bits per heavy atom. The second-order valence-electron chi connectivity index (χ2n) is 3.46. The Labute approximate surface area is 116 Å². The number of ether oxygens (including phenoxy) is 2. The maximum Gasteiger partial charge on any atom is 0.423 e. The third kappa shape index (κ3) is 12.2. The van der Waals surface area contributed by atoms with Gasteiger partial charge in [0.2, 0.25) is 0 Å². The van der Waals surface area contributed by atoms with Crippen LogP contribution in [0.15, 0.2) is 12.7 Å². The zero-order valence-corrected chi connectivity index (χ0v) is 11.1. The molecule has 0 spiro atoms. The summed E-state index contributed by atoms with van der Waals surface area (Å²) in [7, 11) is 0. The Hall–Kier alpha value is -1.32. The molecular weight excluding hydrogens is 313 g/mol. The first-order chi connectivity index (χ1) is 9.50. The molecular formula is C11H15F7O3. The van der Waals surface area contributed by atoms with Gasteiger partial charge in [0.15, 0.2) is 6.86 Å². The minimum atomic E-state index is -5.63. The van der Waals surface area contributed by atoms with Crippen molar-refractivity contribution < 1.29 is 45.0 Å². The van der Waals surface area contributed by atoms with Crippen molar-refractivity contribution in [2.75, 3.05) is 13.5 Å². The maximum absolute atomic E-state index is 11.4. The molecule has 126 valence electrons. The summed E-state index contributed by atoms with van der Waals surface area (Å²) in [5, 5.41) is 0. The highest BCUT2D eigenvalue weighted by Crippen LogP contribution is 2.35. The summed E-state index contributed by atoms with van der Waals surface area (Å²) in [6.07, 6.45) is -12.4. The van der Waals surface area contributed by atoms with Gasteiger partial charge in [0, 0.05) is 6.42 Å². The summed E-state index contributed by atoms with van der Waals surface area (Å²) in [6, 6.07) is 0. The molecule has 0 N–H and O–H groups in total. The molecule has 0 aliphatic heterocycles. The molecule has 0 fully saturated rings. The maximum atomic E-state index is 11.4. The molecule has 0 rings (SSSR count). The van der Waals surface area contributed by atoms with E-state index >= 15 is 0 Å². The molecule has 0 atom stereocenters. The summed E-state index contributed by atoms with van der Waals surface area (Å²) in [6.45, 7) is 3.55. The number of halogens is 7. The highest BCUT2D eigenvalue weighted by atomic mass is 19.4. The molecule has 0 aromatic carbocycles. The Bertz CT molecular complexity index is 285. The van der Waals surface area contributed by atoms with E-state index in [1.807, 2.05) is 6.92 Å². The van der Waals surface area contributed by atoms with E-state index in [0.717, 1.165) is 6.42 Å². The highest BCUT2D eigenvalue weighted by molar-refractivity contribution is 5.69. The van der Waals surface area contributed by atoms with Crippen LogP contribution < -0.4 is 0 Å².